The highest BCUT2D eigenvalue weighted by Crippen LogP contribution is 2.33. The molecule has 1 aliphatic rings. The number of H-pyrrole nitrogens is 1. The number of aryl methyl sites for hydroxylation is 1. The predicted octanol–water partition coefficient (Wildman–Crippen LogP) is 5.87. The number of hydrogen-bond acceptors (Lipinski definition) is 5. The molecule has 5 rings (SSSR count). The first kappa shape index (κ1) is 28.2. The second kappa shape index (κ2) is 10.2. The Balaban J connectivity index is 1.47. The first-order chi connectivity index (χ1) is 19.2. The minimum atomic E-state index is -4.59. The van der Waals surface area contributed by atoms with Crippen molar-refractivity contribution < 1.29 is 27.5 Å². The van der Waals surface area contributed by atoms with E-state index in [0.29, 0.717) is 59.4 Å². The van der Waals surface area contributed by atoms with Crippen LogP contribution in [0.5, 0.6) is 0 Å². The largest absolute Gasteiger partial charge is 0.444 e. The zero-order valence-corrected chi connectivity index (χ0v) is 23.1. The normalized spacial score (nSPS) is 15.0. The number of ether oxygens (including phenoxy) is 1. The van der Waals surface area contributed by atoms with Gasteiger partial charge in [0.2, 0.25) is 0 Å². The number of likely N-dealkylation sites (tertiary alicyclic amines) is 1. The quantitative estimate of drug-likeness (QED) is 0.321. The van der Waals surface area contributed by atoms with E-state index in [1.54, 1.807) is 34.5 Å². The summed E-state index contributed by atoms with van der Waals surface area (Å²) in [5.41, 5.74) is 0.186. The van der Waals surface area contributed by atoms with Gasteiger partial charge in [0.1, 0.15) is 11.2 Å². The molecule has 2 amide bonds. The predicted molar refractivity (Wildman–Crippen MR) is 147 cm³/mol. The number of anilines is 1. The lowest BCUT2D eigenvalue weighted by Gasteiger charge is -2.33. The fourth-order valence-corrected chi connectivity index (χ4v) is 5.10. The number of nitrogens with one attached hydrogen (secondary N) is 2. The molecule has 9 nitrogen and oxygen atoms in total. The molecule has 1 fully saturated rings. The molecule has 2 aromatic heterocycles. The standard InChI is InChI=1S/C29H30F3N5O4/c1-16-8-9-18(29(30,31)32)14-19(16)26(39)33-20-6-5-7-21-24(20)25-34-23(38)15-22(37(25)35-21)17-10-12-36(13-11-17)27(40)41-28(2,3)4/h5-9,14-15,17H,10-13H2,1-4H3,(H,33,39)(H,34,38). The van der Waals surface area contributed by atoms with Crippen molar-refractivity contribution >= 4 is 34.2 Å². The maximum Gasteiger partial charge on any atom is 0.416 e. The second-order valence-corrected chi connectivity index (χ2v) is 11.2. The van der Waals surface area contributed by atoms with Crippen LogP contribution < -0.4 is 10.9 Å². The molecule has 0 unspecified atom stereocenters. The van der Waals surface area contributed by atoms with Gasteiger partial charge in [0.25, 0.3) is 11.5 Å². The van der Waals surface area contributed by atoms with E-state index >= 15 is 0 Å². The number of halogens is 3. The zero-order chi connectivity index (χ0) is 29.7. The van der Waals surface area contributed by atoms with Crippen LogP contribution in [0, 0.1) is 6.92 Å². The molecule has 2 N–H and O–H groups in total. The third-order valence-electron chi connectivity index (χ3n) is 7.09. The summed E-state index contributed by atoms with van der Waals surface area (Å²) in [6.07, 6.45) is -3.80. The molecule has 4 aromatic rings. The van der Waals surface area contributed by atoms with E-state index in [2.05, 4.69) is 15.4 Å². The molecule has 216 valence electrons. The third-order valence-corrected chi connectivity index (χ3v) is 7.09. The third kappa shape index (κ3) is 5.77. The van der Waals surface area contributed by atoms with Crippen LogP contribution in [0.15, 0.2) is 47.3 Å². The molecular formula is C29H30F3N5O4. The highest BCUT2D eigenvalue weighted by Gasteiger charge is 2.32. The van der Waals surface area contributed by atoms with Gasteiger partial charge in [-0.25, -0.2) is 9.31 Å². The van der Waals surface area contributed by atoms with Gasteiger partial charge >= 0.3 is 12.3 Å². The number of rotatable bonds is 3. The Hall–Kier alpha value is -4.35. The van der Waals surface area contributed by atoms with Crippen molar-refractivity contribution in [3.05, 3.63) is 75.2 Å². The molecule has 3 heterocycles. The Morgan fingerprint density at radius 2 is 1.78 bits per heavy atom. The fourth-order valence-electron chi connectivity index (χ4n) is 5.10. The number of carbonyl (C=O) groups excluding carboxylic acids is 2. The maximum absolute atomic E-state index is 13.3. The number of nitrogens with zero attached hydrogens (tertiary/aromatic N) is 3. The van der Waals surface area contributed by atoms with Gasteiger partial charge in [-0.2, -0.15) is 18.3 Å². The summed E-state index contributed by atoms with van der Waals surface area (Å²) in [5.74, 6) is -0.785. The summed E-state index contributed by atoms with van der Waals surface area (Å²) < 4.78 is 47.0. The summed E-state index contributed by atoms with van der Waals surface area (Å²) in [7, 11) is 0. The Morgan fingerprint density at radius 3 is 2.44 bits per heavy atom. The van der Waals surface area contributed by atoms with Crippen LogP contribution in [0.2, 0.25) is 0 Å². The summed E-state index contributed by atoms with van der Waals surface area (Å²) in [5, 5.41) is 7.85. The van der Waals surface area contributed by atoms with Crippen LogP contribution in [-0.2, 0) is 10.9 Å². The van der Waals surface area contributed by atoms with Crippen LogP contribution >= 0.6 is 0 Å². The van der Waals surface area contributed by atoms with Crippen molar-refractivity contribution in [3.8, 4) is 0 Å². The lowest BCUT2D eigenvalue weighted by atomic mass is 9.93. The van der Waals surface area contributed by atoms with E-state index in [1.165, 1.54) is 12.1 Å². The van der Waals surface area contributed by atoms with Crippen molar-refractivity contribution in [2.45, 2.75) is 58.2 Å². The van der Waals surface area contributed by atoms with E-state index in [0.717, 1.165) is 12.1 Å². The number of alkyl halides is 3. The summed E-state index contributed by atoms with van der Waals surface area (Å²) in [6.45, 7) is 7.89. The van der Waals surface area contributed by atoms with E-state index in [4.69, 9.17) is 4.74 Å². The van der Waals surface area contributed by atoms with E-state index in [1.807, 2.05) is 20.8 Å². The van der Waals surface area contributed by atoms with Gasteiger partial charge in [-0.3, -0.25) is 9.59 Å². The molecule has 1 aliphatic heterocycles. The van der Waals surface area contributed by atoms with Crippen LogP contribution in [0.4, 0.5) is 23.7 Å². The lowest BCUT2D eigenvalue weighted by molar-refractivity contribution is -0.137. The average molecular weight is 570 g/mol. The summed E-state index contributed by atoms with van der Waals surface area (Å²) in [6, 6.07) is 9.49. The SMILES string of the molecule is Cc1ccc(C(F)(F)F)cc1C(=O)Nc1cccc2nn3c(C4CCN(C(=O)OC(C)(C)C)CC4)cc(=O)[nH]c3c12. The Bertz CT molecular complexity index is 1710. The maximum atomic E-state index is 13.3. The van der Waals surface area contributed by atoms with E-state index < -0.39 is 23.2 Å². The van der Waals surface area contributed by atoms with E-state index in [-0.39, 0.29) is 23.1 Å². The number of amides is 2. The molecule has 0 radical (unpaired) electrons. The summed E-state index contributed by atoms with van der Waals surface area (Å²) >= 11 is 0. The molecule has 2 aromatic carbocycles. The Labute approximate surface area is 233 Å². The fraction of sp³-hybridized carbons (Fsp3) is 0.379. The van der Waals surface area contributed by atoms with Gasteiger partial charge < -0.3 is 19.9 Å². The minimum Gasteiger partial charge on any atom is -0.444 e. The summed E-state index contributed by atoms with van der Waals surface area (Å²) in [4.78, 5) is 42.9. The molecule has 12 heteroatoms. The highest BCUT2D eigenvalue weighted by atomic mass is 19.4. The van der Waals surface area contributed by atoms with Crippen LogP contribution in [-0.4, -0.2) is 50.2 Å². The minimum absolute atomic E-state index is 0.0707. The van der Waals surface area contributed by atoms with Crippen molar-refractivity contribution in [2.24, 2.45) is 0 Å². The molecular weight excluding hydrogens is 539 g/mol. The highest BCUT2D eigenvalue weighted by molar-refractivity contribution is 6.12. The zero-order valence-electron chi connectivity index (χ0n) is 23.1. The van der Waals surface area contributed by atoms with Gasteiger partial charge in [-0.1, -0.05) is 12.1 Å². The molecule has 0 spiro atoms. The first-order valence-corrected chi connectivity index (χ1v) is 13.2. The monoisotopic (exact) mass is 569 g/mol. The number of aromatic amines is 1. The van der Waals surface area contributed by atoms with Crippen molar-refractivity contribution in [3.63, 3.8) is 0 Å². The Morgan fingerprint density at radius 1 is 1.07 bits per heavy atom. The van der Waals surface area contributed by atoms with Gasteiger partial charge in [0, 0.05) is 30.6 Å². The van der Waals surface area contributed by atoms with Gasteiger partial charge in [-0.05, 0) is 70.4 Å². The van der Waals surface area contributed by atoms with Crippen LogP contribution in [0.25, 0.3) is 16.6 Å². The van der Waals surface area contributed by atoms with Crippen molar-refractivity contribution in [1.82, 2.24) is 19.5 Å². The number of hydrogen-bond donors (Lipinski definition) is 2. The van der Waals surface area contributed by atoms with Gasteiger partial charge in [0.05, 0.1) is 27.8 Å². The number of carbonyl (C=O) groups is 2. The number of benzene rings is 2. The van der Waals surface area contributed by atoms with Crippen molar-refractivity contribution in [2.75, 3.05) is 18.4 Å². The Kier molecular flexibility index (Phi) is 7.04. The van der Waals surface area contributed by atoms with Gasteiger partial charge in [0.15, 0.2) is 0 Å². The van der Waals surface area contributed by atoms with Gasteiger partial charge in [-0.15, -0.1) is 0 Å². The second-order valence-electron chi connectivity index (χ2n) is 11.2. The first-order valence-electron chi connectivity index (χ1n) is 13.2. The number of fused-ring (bicyclic) bond motifs is 3. The lowest BCUT2D eigenvalue weighted by Crippen LogP contribution is -2.41. The van der Waals surface area contributed by atoms with Crippen LogP contribution in [0.1, 0.15) is 66.7 Å². The average Bonchev–Trinajstić information content (AvgIpc) is 3.26. The molecule has 0 saturated carbocycles. The number of aromatic nitrogens is 3. The number of piperidine rings is 1. The molecule has 0 atom stereocenters. The van der Waals surface area contributed by atoms with Crippen LogP contribution in [0.3, 0.4) is 0 Å². The topological polar surface area (TPSA) is 109 Å². The molecule has 41 heavy (non-hydrogen) atoms. The molecule has 1 saturated heterocycles. The smallest absolute Gasteiger partial charge is 0.416 e. The van der Waals surface area contributed by atoms with Crippen molar-refractivity contribution in [1.29, 1.82) is 0 Å². The molecule has 0 aliphatic carbocycles. The van der Waals surface area contributed by atoms with E-state index in [9.17, 15) is 27.6 Å². The molecule has 0 bridgehead atoms.